The highest BCUT2D eigenvalue weighted by atomic mass is 32.1. The Kier molecular flexibility index (Phi) is 3.00. The van der Waals surface area contributed by atoms with Gasteiger partial charge < -0.3 is 9.67 Å². The lowest BCUT2D eigenvalue weighted by atomic mass is 10.3. The van der Waals surface area contributed by atoms with Crippen molar-refractivity contribution in [2.45, 2.75) is 26.5 Å². The third-order valence-electron chi connectivity index (χ3n) is 1.77. The van der Waals surface area contributed by atoms with Crippen LogP contribution in [0.3, 0.4) is 0 Å². The van der Waals surface area contributed by atoms with Crippen LogP contribution in [0, 0.1) is 4.77 Å². The Bertz CT molecular complexity index is 405. The van der Waals surface area contributed by atoms with Crippen LogP contribution in [0.25, 0.3) is 0 Å². The third-order valence-corrected chi connectivity index (χ3v) is 2.08. The van der Waals surface area contributed by atoms with Gasteiger partial charge in [0.1, 0.15) is 0 Å². The van der Waals surface area contributed by atoms with Crippen LogP contribution in [0.4, 0.5) is 0 Å². The number of rotatable bonds is 2. The second-order valence-electron chi connectivity index (χ2n) is 3.07. The van der Waals surface area contributed by atoms with Crippen LogP contribution < -0.4 is 5.56 Å². The molecule has 0 atom stereocenters. The SMILES string of the molecule is CC(C)n1cc(CO)c(=O)[nH]c1=S. The number of hydrogen-bond donors (Lipinski definition) is 2. The highest BCUT2D eigenvalue weighted by Gasteiger charge is 2.03. The summed E-state index contributed by atoms with van der Waals surface area (Å²) in [4.78, 5) is 13.7. The van der Waals surface area contributed by atoms with E-state index in [9.17, 15) is 4.79 Å². The Morgan fingerprint density at radius 3 is 2.77 bits per heavy atom. The van der Waals surface area contributed by atoms with E-state index in [1.807, 2.05) is 13.8 Å². The fourth-order valence-electron chi connectivity index (χ4n) is 1.02. The summed E-state index contributed by atoms with van der Waals surface area (Å²) >= 11 is 4.95. The lowest BCUT2D eigenvalue weighted by Gasteiger charge is -2.11. The first-order valence-corrected chi connectivity index (χ1v) is 4.42. The summed E-state index contributed by atoms with van der Waals surface area (Å²) < 4.78 is 2.12. The molecular weight excluding hydrogens is 188 g/mol. The summed E-state index contributed by atoms with van der Waals surface area (Å²) in [7, 11) is 0. The van der Waals surface area contributed by atoms with Gasteiger partial charge in [-0.2, -0.15) is 0 Å². The van der Waals surface area contributed by atoms with E-state index in [1.54, 1.807) is 10.8 Å². The van der Waals surface area contributed by atoms with Crippen molar-refractivity contribution in [1.82, 2.24) is 9.55 Å². The molecule has 0 aliphatic heterocycles. The zero-order valence-electron chi connectivity index (χ0n) is 7.57. The largest absolute Gasteiger partial charge is 0.391 e. The molecule has 1 aromatic rings. The smallest absolute Gasteiger partial charge is 0.257 e. The van der Waals surface area contributed by atoms with Crippen molar-refractivity contribution in [2.24, 2.45) is 0 Å². The van der Waals surface area contributed by atoms with Gasteiger partial charge in [-0.3, -0.25) is 9.78 Å². The minimum absolute atomic E-state index is 0.176. The topological polar surface area (TPSA) is 58.0 Å². The quantitative estimate of drug-likeness (QED) is 0.700. The van der Waals surface area contributed by atoms with Crippen molar-refractivity contribution in [2.75, 3.05) is 0 Å². The molecule has 1 rings (SSSR count). The van der Waals surface area contributed by atoms with Crippen molar-refractivity contribution < 1.29 is 5.11 Å². The van der Waals surface area contributed by atoms with Crippen LogP contribution in [0.2, 0.25) is 0 Å². The van der Waals surface area contributed by atoms with Crippen LogP contribution >= 0.6 is 12.2 Å². The van der Waals surface area contributed by atoms with Gasteiger partial charge >= 0.3 is 0 Å². The molecule has 0 radical (unpaired) electrons. The average molecular weight is 200 g/mol. The molecule has 13 heavy (non-hydrogen) atoms. The summed E-state index contributed by atoms with van der Waals surface area (Å²) in [6, 6.07) is 0.176. The molecule has 0 aromatic carbocycles. The summed E-state index contributed by atoms with van der Waals surface area (Å²) in [5, 5.41) is 8.85. The van der Waals surface area contributed by atoms with Crippen molar-refractivity contribution in [3.05, 3.63) is 26.9 Å². The van der Waals surface area contributed by atoms with E-state index in [1.165, 1.54) is 0 Å². The van der Waals surface area contributed by atoms with Gasteiger partial charge in [0.05, 0.1) is 12.2 Å². The van der Waals surface area contributed by atoms with Gasteiger partial charge in [-0.05, 0) is 26.1 Å². The van der Waals surface area contributed by atoms with Gasteiger partial charge in [0.25, 0.3) is 5.56 Å². The molecule has 5 heteroatoms. The van der Waals surface area contributed by atoms with E-state index in [0.29, 0.717) is 10.3 Å². The van der Waals surface area contributed by atoms with Gasteiger partial charge in [0.2, 0.25) is 0 Å². The lowest BCUT2D eigenvalue weighted by molar-refractivity contribution is 0.278. The van der Waals surface area contributed by atoms with Gasteiger partial charge in [0, 0.05) is 12.2 Å². The molecule has 4 nitrogen and oxygen atoms in total. The van der Waals surface area contributed by atoms with E-state index in [0.717, 1.165) is 0 Å². The molecule has 0 saturated heterocycles. The minimum Gasteiger partial charge on any atom is -0.391 e. The van der Waals surface area contributed by atoms with E-state index >= 15 is 0 Å². The summed E-state index contributed by atoms with van der Waals surface area (Å²) in [5.74, 6) is 0. The van der Waals surface area contributed by atoms with Crippen molar-refractivity contribution in [3.63, 3.8) is 0 Å². The lowest BCUT2D eigenvalue weighted by Crippen LogP contribution is -2.18. The number of nitrogens with zero attached hydrogens (tertiary/aromatic N) is 1. The van der Waals surface area contributed by atoms with Crippen LogP contribution in [0.5, 0.6) is 0 Å². The van der Waals surface area contributed by atoms with Crippen molar-refractivity contribution in [3.8, 4) is 0 Å². The number of aliphatic hydroxyl groups is 1. The predicted molar refractivity (Wildman–Crippen MR) is 52.2 cm³/mol. The van der Waals surface area contributed by atoms with Gasteiger partial charge in [-0.25, -0.2) is 0 Å². The molecule has 0 unspecified atom stereocenters. The molecule has 1 aromatic heterocycles. The Morgan fingerprint density at radius 2 is 2.31 bits per heavy atom. The van der Waals surface area contributed by atoms with E-state index < -0.39 is 0 Å². The number of hydrogen-bond acceptors (Lipinski definition) is 3. The summed E-state index contributed by atoms with van der Waals surface area (Å²) in [6.07, 6.45) is 1.59. The zero-order valence-corrected chi connectivity index (χ0v) is 8.39. The maximum Gasteiger partial charge on any atom is 0.257 e. The predicted octanol–water partition coefficient (Wildman–Crippen LogP) is 0.979. The second kappa shape index (κ2) is 3.85. The van der Waals surface area contributed by atoms with Crippen LogP contribution in [-0.4, -0.2) is 14.7 Å². The zero-order chi connectivity index (χ0) is 10.0. The number of nitrogens with one attached hydrogen (secondary N) is 1. The maximum atomic E-state index is 11.2. The monoisotopic (exact) mass is 200 g/mol. The van der Waals surface area contributed by atoms with Crippen LogP contribution in [0.15, 0.2) is 11.0 Å². The molecule has 72 valence electrons. The van der Waals surface area contributed by atoms with E-state index in [4.69, 9.17) is 17.3 Å². The maximum absolute atomic E-state index is 11.2. The average Bonchev–Trinajstić information content (AvgIpc) is 2.03. The highest BCUT2D eigenvalue weighted by molar-refractivity contribution is 7.71. The normalized spacial score (nSPS) is 10.8. The number of aromatic nitrogens is 2. The molecule has 0 aliphatic carbocycles. The summed E-state index contributed by atoms with van der Waals surface area (Å²) in [6.45, 7) is 3.64. The minimum atomic E-state index is -0.315. The van der Waals surface area contributed by atoms with Crippen LogP contribution in [-0.2, 0) is 6.61 Å². The van der Waals surface area contributed by atoms with Gasteiger partial charge in [0.15, 0.2) is 4.77 Å². The summed E-state index contributed by atoms with van der Waals surface area (Å²) in [5.41, 5.74) is 0.0201. The Labute approximate surface area is 80.9 Å². The first kappa shape index (κ1) is 10.1. The molecular formula is C8H12N2O2S. The molecule has 0 fully saturated rings. The van der Waals surface area contributed by atoms with E-state index in [-0.39, 0.29) is 18.2 Å². The first-order chi connectivity index (χ1) is 6.06. The molecule has 0 saturated carbocycles. The number of aromatic amines is 1. The Hall–Kier alpha value is -0.940. The Balaban J connectivity index is 3.40. The molecule has 2 N–H and O–H groups in total. The van der Waals surface area contributed by atoms with Crippen molar-refractivity contribution >= 4 is 12.2 Å². The molecule has 0 spiro atoms. The number of H-pyrrole nitrogens is 1. The first-order valence-electron chi connectivity index (χ1n) is 4.01. The molecule has 0 amide bonds. The third kappa shape index (κ3) is 2.05. The fraction of sp³-hybridized carbons (Fsp3) is 0.500. The van der Waals surface area contributed by atoms with Crippen LogP contribution in [0.1, 0.15) is 25.5 Å². The molecule has 0 aliphatic rings. The number of aliphatic hydroxyl groups excluding tert-OH is 1. The van der Waals surface area contributed by atoms with Crippen molar-refractivity contribution in [1.29, 1.82) is 0 Å². The Morgan fingerprint density at radius 1 is 1.69 bits per heavy atom. The fourth-order valence-corrected chi connectivity index (χ4v) is 1.38. The highest BCUT2D eigenvalue weighted by Crippen LogP contribution is 2.03. The molecule has 1 heterocycles. The van der Waals surface area contributed by atoms with E-state index in [2.05, 4.69) is 4.98 Å². The van der Waals surface area contributed by atoms with Gasteiger partial charge in [-0.15, -0.1) is 0 Å². The van der Waals surface area contributed by atoms with Gasteiger partial charge in [-0.1, -0.05) is 0 Å². The standard InChI is InChI=1S/C8H12N2O2S/c1-5(2)10-3-6(4-11)7(12)9-8(10)13/h3,5,11H,4H2,1-2H3,(H,9,12,13). The molecule has 0 bridgehead atoms. The second-order valence-corrected chi connectivity index (χ2v) is 3.46.